The Hall–Kier alpha value is -2.63. The van der Waals surface area contributed by atoms with Crippen LogP contribution < -0.4 is 5.32 Å². The zero-order chi connectivity index (χ0) is 17.3. The first-order valence-corrected chi connectivity index (χ1v) is 8.25. The first kappa shape index (κ1) is 16.2. The Kier molecular flexibility index (Phi) is 4.38. The van der Waals surface area contributed by atoms with Crippen LogP contribution in [0.2, 0.25) is 0 Å². The fourth-order valence-corrected chi connectivity index (χ4v) is 3.05. The highest BCUT2D eigenvalue weighted by atomic mass is 16.1. The second-order valence-corrected chi connectivity index (χ2v) is 6.21. The Morgan fingerprint density at radius 3 is 2.75 bits per heavy atom. The maximum atomic E-state index is 12.3. The number of benzene rings is 1. The van der Waals surface area contributed by atoms with Crippen molar-refractivity contribution in [3.8, 4) is 0 Å². The van der Waals surface area contributed by atoms with Crippen LogP contribution in [0.25, 0.3) is 11.0 Å². The molecule has 3 rings (SSSR count). The van der Waals surface area contributed by atoms with Crippen molar-refractivity contribution in [2.45, 2.75) is 46.7 Å². The van der Waals surface area contributed by atoms with E-state index in [9.17, 15) is 4.79 Å². The van der Waals surface area contributed by atoms with Gasteiger partial charge in [0.25, 0.3) is 0 Å². The number of carbonyl (C=O) groups is 1. The zero-order valence-corrected chi connectivity index (χ0v) is 14.6. The Bertz CT molecular complexity index is 877. The molecule has 0 aliphatic heterocycles. The summed E-state index contributed by atoms with van der Waals surface area (Å²) in [7, 11) is 0. The lowest BCUT2D eigenvalue weighted by Crippen LogP contribution is -2.19. The molecule has 0 saturated carbocycles. The van der Waals surface area contributed by atoms with Gasteiger partial charge < -0.3 is 9.88 Å². The Balaban J connectivity index is 1.69. The molecule has 0 aliphatic rings. The normalized spacial score (nSPS) is 12.5. The minimum atomic E-state index is -0.0238. The molecule has 3 aromatic rings. The van der Waals surface area contributed by atoms with Crippen molar-refractivity contribution < 1.29 is 4.79 Å². The van der Waals surface area contributed by atoms with Crippen molar-refractivity contribution in [2.24, 2.45) is 0 Å². The number of aryl methyl sites for hydroxylation is 3. The van der Waals surface area contributed by atoms with E-state index in [1.807, 2.05) is 56.0 Å². The third-order valence-electron chi connectivity index (χ3n) is 4.19. The van der Waals surface area contributed by atoms with Gasteiger partial charge in [-0.15, -0.1) is 0 Å². The van der Waals surface area contributed by atoms with Crippen LogP contribution in [0, 0.1) is 13.8 Å². The predicted molar refractivity (Wildman–Crippen MR) is 95.1 cm³/mol. The van der Waals surface area contributed by atoms with E-state index in [2.05, 4.69) is 26.9 Å². The molecule has 0 radical (unpaired) electrons. The van der Waals surface area contributed by atoms with Crippen LogP contribution in [-0.4, -0.2) is 25.2 Å². The van der Waals surface area contributed by atoms with Crippen molar-refractivity contribution >= 4 is 22.6 Å². The van der Waals surface area contributed by atoms with Crippen molar-refractivity contribution in [1.82, 2.24) is 19.3 Å². The molecule has 1 N–H and O–H groups in total. The van der Waals surface area contributed by atoms with Crippen LogP contribution in [-0.2, 0) is 11.3 Å². The van der Waals surface area contributed by atoms with Gasteiger partial charge in [0.1, 0.15) is 0 Å². The van der Waals surface area contributed by atoms with E-state index in [1.54, 1.807) is 0 Å². The maximum Gasteiger partial charge on any atom is 0.226 e. The molecule has 1 amide bonds. The van der Waals surface area contributed by atoms with Crippen molar-refractivity contribution in [1.29, 1.82) is 0 Å². The van der Waals surface area contributed by atoms with E-state index >= 15 is 0 Å². The molecule has 0 fully saturated rings. The highest BCUT2D eigenvalue weighted by Crippen LogP contribution is 2.20. The number of fused-ring (bicyclic) bond motifs is 1. The number of nitrogens with one attached hydrogen (secondary N) is 1. The summed E-state index contributed by atoms with van der Waals surface area (Å²) in [5.74, 6) is -0.0238. The first-order valence-electron chi connectivity index (χ1n) is 8.25. The van der Waals surface area contributed by atoms with Crippen molar-refractivity contribution in [2.75, 3.05) is 5.32 Å². The molecule has 2 aromatic heterocycles. The van der Waals surface area contributed by atoms with Crippen LogP contribution in [0.1, 0.15) is 37.7 Å². The van der Waals surface area contributed by atoms with Gasteiger partial charge in [-0.2, -0.15) is 5.10 Å². The van der Waals surface area contributed by atoms with Gasteiger partial charge in [0.2, 0.25) is 5.91 Å². The molecule has 0 bridgehead atoms. The summed E-state index contributed by atoms with van der Waals surface area (Å²) < 4.78 is 3.98. The summed E-state index contributed by atoms with van der Waals surface area (Å²) in [4.78, 5) is 16.7. The van der Waals surface area contributed by atoms with Crippen molar-refractivity contribution in [3.05, 3.63) is 42.0 Å². The molecule has 0 unspecified atom stereocenters. The molecular weight excluding hydrogens is 302 g/mol. The van der Waals surface area contributed by atoms with Crippen LogP contribution in [0.15, 0.2) is 30.6 Å². The first-order chi connectivity index (χ1) is 11.5. The highest BCUT2D eigenvalue weighted by molar-refractivity contribution is 5.93. The molecule has 6 nitrogen and oxygen atoms in total. The van der Waals surface area contributed by atoms with E-state index in [0.29, 0.717) is 6.42 Å². The lowest BCUT2D eigenvalue weighted by atomic mass is 10.2. The van der Waals surface area contributed by atoms with Gasteiger partial charge in [0.05, 0.1) is 29.1 Å². The molecular formula is C18H23N5O. The number of hydrogen-bond acceptors (Lipinski definition) is 3. The van der Waals surface area contributed by atoms with Crippen LogP contribution in [0.3, 0.4) is 0 Å². The number of imidazole rings is 1. The van der Waals surface area contributed by atoms with E-state index in [4.69, 9.17) is 0 Å². The summed E-state index contributed by atoms with van der Waals surface area (Å²) in [5.41, 5.74) is 4.78. The number of rotatable bonds is 5. The van der Waals surface area contributed by atoms with E-state index in [-0.39, 0.29) is 11.9 Å². The van der Waals surface area contributed by atoms with Crippen LogP contribution in [0.4, 0.5) is 5.69 Å². The summed E-state index contributed by atoms with van der Waals surface area (Å²) in [6, 6.07) is 7.86. The number of aromatic nitrogens is 4. The molecule has 0 aliphatic carbocycles. The third kappa shape index (κ3) is 3.18. The monoisotopic (exact) mass is 325 g/mol. The fraction of sp³-hybridized carbons (Fsp3) is 0.389. The quantitative estimate of drug-likeness (QED) is 0.781. The van der Waals surface area contributed by atoms with E-state index < -0.39 is 0 Å². The summed E-state index contributed by atoms with van der Waals surface area (Å²) in [6.45, 7) is 8.93. The summed E-state index contributed by atoms with van der Waals surface area (Å²) in [5, 5.41) is 7.41. The Morgan fingerprint density at radius 2 is 2.08 bits per heavy atom. The zero-order valence-electron chi connectivity index (χ0n) is 14.6. The average Bonchev–Trinajstić information content (AvgIpc) is 3.09. The predicted octanol–water partition coefficient (Wildman–Crippen LogP) is 3.46. The summed E-state index contributed by atoms with van der Waals surface area (Å²) >= 11 is 0. The maximum absolute atomic E-state index is 12.3. The molecule has 1 aromatic carbocycles. The molecule has 2 heterocycles. The fourth-order valence-electron chi connectivity index (χ4n) is 3.05. The second kappa shape index (κ2) is 6.47. The minimum absolute atomic E-state index is 0.0155. The van der Waals surface area contributed by atoms with Gasteiger partial charge in [-0.3, -0.25) is 9.48 Å². The number of hydrogen-bond donors (Lipinski definition) is 1. The van der Waals surface area contributed by atoms with Crippen molar-refractivity contribution in [3.63, 3.8) is 0 Å². The third-order valence-corrected chi connectivity index (χ3v) is 4.19. The average molecular weight is 325 g/mol. The Labute approximate surface area is 141 Å². The van der Waals surface area contributed by atoms with Gasteiger partial charge in [-0.1, -0.05) is 0 Å². The van der Waals surface area contributed by atoms with Gasteiger partial charge >= 0.3 is 0 Å². The standard InChI is InChI=1S/C18H23N5O/c1-5-22-11-19-16-10-15(6-7-17(16)22)20-18(24)9-14(4)23-13(3)8-12(2)21-23/h6-8,10-11,14H,5,9H2,1-4H3,(H,20,24)/t14-/m1/s1. The molecule has 24 heavy (non-hydrogen) atoms. The number of nitrogens with zero attached hydrogens (tertiary/aromatic N) is 4. The molecule has 6 heteroatoms. The van der Waals surface area contributed by atoms with Gasteiger partial charge in [0.15, 0.2) is 0 Å². The molecule has 0 saturated heterocycles. The minimum Gasteiger partial charge on any atom is -0.331 e. The van der Waals surface area contributed by atoms with Gasteiger partial charge in [-0.25, -0.2) is 4.98 Å². The molecule has 1 atom stereocenters. The largest absolute Gasteiger partial charge is 0.331 e. The molecule has 0 spiro atoms. The topological polar surface area (TPSA) is 64.7 Å². The van der Waals surface area contributed by atoms with Crippen LogP contribution in [0.5, 0.6) is 0 Å². The highest BCUT2D eigenvalue weighted by Gasteiger charge is 2.14. The smallest absolute Gasteiger partial charge is 0.226 e. The lowest BCUT2D eigenvalue weighted by Gasteiger charge is -2.14. The second-order valence-electron chi connectivity index (χ2n) is 6.21. The number of amides is 1. The van der Waals surface area contributed by atoms with Crippen LogP contribution >= 0.6 is 0 Å². The van der Waals surface area contributed by atoms with Gasteiger partial charge in [0, 0.05) is 24.3 Å². The van der Waals surface area contributed by atoms with E-state index in [1.165, 1.54) is 0 Å². The SMILES string of the molecule is CCn1cnc2cc(NC(=O)C[C@@H](C)n3nc(C)cc3C)ccc21. The Morgan fingerprint density at radius 1 is 1.29 bits per heavy atom. The number of anilines is 1. The van der Waals surface area contributed by atoms with Gasteiger partial charge in [-0.05, 0) is 52.0 Å². The summed E-state index contributed by atoms with van der Waals surface area (Å²) in [6.07, 6.45) is 2.20. The lowest BCUT2D eigenvalue weighted by molar-refractivity contribution is -0.116. The van der Waals surface area contributed by atoms with E-state index in [0.717, 1.165) is 34.7 Å². The molecule has 126 valence electrons. The number of carbonyl (C=O) groups excluding carboxylic acids is 1.